The topological polar surface area (TPSA) is 93.5 Å². The van der Waals surface area contributed by atoms with Crippen molar-refractivity contribution in [1.82, 2.24) is 14.1 Å². The van der Waals surface area contributed by atoms with Crippen LogP contribution in [0.3, 0.4) is 0 Å². The van der Waals surface area contributed by atoms with E-state index in [-0.39, 0.29) is 4.90 Å². The van der Waals surface area contributed by atoms with Gasteiger partial charge in [0.2, 0.25) is 10.0 Å². The summed E-state index contributed by atoms with van der Waals surface area (Å²) in [7, 11) is -1.90. The lowest BCUT2D eigenvalue weighted by Gasteiger charge is -2.26. The second-order valence-corrected chi connectivity index (χ2v) is 7.76. The van der Waals surface area contributed by atoms with Crippen molar-refractivity contribution in [3.8, 4) is 0 Å². The predicted octanol–water partition coefficient (Wildman–Crippen LogP) is 1.00. The van der Waals surface area contributed by atoms with Gasteiger partial charge in [0.1, 0.15) is 0 Å². The van der Waals surface area contributed by atoms with E-state index in [0.717, 1.165) is 0 Å². The minimum Gasteiger partial charge on any atom is -0.379 e. The normalized spacial score (nSPS) is 15.9. The predicted molar refractivity (Wildman–Crippen MR) is 91.9 cm³/mol. The number of amides is 1. The van der Waals surface area contributed by atoms with Gasteiger partial charge in [-0.05, 0) is 24.6 Å². The molecule has 1 fully saturated rings. The Kier molecular flexibility index (Phi) is 4.89. The monoisotopic (exact) mass is 364 g/mol. The van der Waals surface area contributed by atoms with Crippen molar-refractivity contribution in [2.75, 3.05) is 31.6 Å². The summed E-state index contributed by atoms with van der Waals surface area (Å²) in [6, 6.07) is 6.25. The van der Waals surface area contributed by atoms with Crippen LogP contribution in [0.5, 0.6) is 0 Å². The average molecular weight is 364 g/mol. The van der Waals surface area contributed by atoms with E-state index in [1.165, 1.54) is 16.4 Å². The van der Waals surface area contributed by atoms with Crippen LogP contribution in [0, 0.1) is 6.92 Å². The number of nitrogens with zero attached hydrogens (tertiary/aromatic N) is 3. The molecule has 0 radical (unpaired) electrons. The second-order valence-electron chi connectivity index (χ2n) is 5.82. The van der Waals surface area contributed by atoms with Crippen LogP contribution in [0.25, 0.3) is 0 Å². The Labute approximate surface area is 146 Å². The van der Waals surface area contributed by atoms with Gasteiger partial charge >= 0.3 is 0 Å². The zero-order valence-corrected chi connectivity index (χ0v) is 14.9. The number of carbonyl (C=O) groups excluding carboxylic acids is 1. The van der Waals surface area contributed by atoms with E-state index >= 15 is 0 Å². The summed E-state index contributed by atoms with van der Waals surface area (Å²) in [4.78, 5) is 12.6. The maximum atomic E-state index is 12.8. The number of aryl methyl sites for hydroxylation is 2. The number of anilines is 1. The molecular weight excluding hydrogens is 344 g/mol. The maximum absolute atomic E-state index is 12.8. The second kappa shape index (κ2) is 6.95. The van der Waals surface area contributed by atoms with Crippen molar-refractivity contribution in [2.24, 2.45) is 7.05 Å². The molecule has 8 nitrogen and oxygen atoms in total. The van der Waals surface area contributed by atoms with Crippen LogP contribution < -0.4 is 5.32 Å². The number of carbonyl (C=O) groups is 1. The van der Waals surface area contributed by atoms with E-state index in [9.17, 15) is 13.2 Å². The zero-order valence-electron chi connectivity index (χ0n) is 14.1. The molecule has 0 atom stereocenters. The molecule has 3 rings (SSSR count). The first-order chi connectivity index (χ1) is 11.9. The molecule has 1 amide bonds. The number of morpholine rings is 1. The van der Waals surface area contributed by atoms with E-state index in [0.29, 0.717) is 43.2 Å². The third-order valence-electron chi connectivity index (χ3n) is 4.02. The fraction of sp³-hybridized carbons (Fsp3) is 0.375. The molecular formula is C16H20N4O4S. The molecule has 1 aliphatic rings. The summed E-state index contributed by atoms with van der Waals surface area (Å²) in [6.45, 7) is 3.13. The Morgan fingerprint density at radius 1 is 1.24 bits per heavy atom. The van der Waals surface area contributed by atoms with E-state index < -0.39 is 15.9 Å². The van der Waals surface area contributed by atoms with Gasteiger partial charge in [-0.3, -0.25) is 9.48 Å². The fourth-order valence-corrected chi connectivity index (χ4v) is 4.04. The number of benzene rings is 1. The SMILES string of the molecule is Cc1ccc(S(=O)(=O)N2CCOCC2)cc1C(=O)Nc1ccn(C)n1. The molecule has 0 bridgehead atoms. The van der Waals surface area contributed by atoms with E-state index in [4.69, 9.17) is 4.74 Å². The lowest BCUT2D eigenvalue weighted by Crippen LogP contribution is -2.40. The first-order valence-electron chi connectivity index (χ1n) is 7.87. The van der Waals surface area contributed by atoms with E-state index in [2.05, 4.69) is 10.4 Å². The van der Waals surface area contributed by atoms with Gasteiger partial charge in [0, 0.05) is 38.0 Å². The molecule has 1 N–H and O–H groups in total. The number of rotatable bonds is 4. The minimum atomic E-state index is -3.65. The van der Waals surface area contributed by atoms with Crippen LogP contribution in [0.1, 0.15) is 15.9 Å². The highest BCUT2D eigenvalue weighted by molar-refractivity contribution is 7.89. The molecule has 0 saturated carbocycles. The summed E-state index contributed by atoms with van der Waals surface area (Å²) in [5.41, 5.74) is 0.995. The third-order valence-corrected chi connectivity index (χ3v) is 5.91. The maximum Gasteiger partial charge on any atom is 0.257 e. The van der Waals surface area contributed by atoms with Crippen LogP contribution in [0.2, 0.25) is 0 Å². The molecule has 1 aromatic heterocycles. The summed E-state index contributed by atoms with van der Waals surface area (Å²) in [6.07, 6.45) is 1.71. The van der Waals surface area contributed by atoms with Crippen molar-refractivity contribution in [3.05, 3.63) is 41.6 Å². The molecule has 134 valence electrons. The van der Waals surface area contributed by atoms with Crippen LogP contribution in [-0.4, -0.2) is 54.7 Å². The number of ether oxygens (including phenoxy) is 1. The highest BCUT2D eigenvalue weighted by Gasteiger charge is 2.27. The van der Waals surface area contributed by atoms with Gasteiger partial charge < -0.3 is 10.1 Å². The first-order valence-corrected chi connectivity index (χ1v) is 9.31. The van der Waals surface area contributed by atoms with Crippen molar-refractivity contribution >= 4 is 21.7 Å². The van der Waals surface area contributed by atoms with Crippen molar-refractivity contribution < 1.29 is 17.9 Å². The highest BCUT2D eigenvalue weighted by atomic mass is 32.2. The van der Waals surface area contributed by atoms with Crippen molar-refractivity contribution in [1.29, 1.82) is 0 Å². The molecule has 0 spiro atoms. The largest absolute Gasteiger partial charge is 0.379 e. The number of hydrogen-bond donors (Lipinski definition) is 1. The van der Waals surface area contributed by atoms with Gasteiger partial charge in [-0.15, -0.1) is 0 Å². The Morgan fingerprint density at radius 2 is 1.96 bits per heavy atom. The molecule has 0 unspecified atom stereocenters. The van der Waals surface area contributed by atoms with E-state index in [1.54, 1.807) is 37.0 Å². The molecule has 1 aromatic carbocycles. The van der Waals surface area contributed by atoms with Crippen molar-refractivity contribution in [2.45, 2.75) is 11.8 Å². The molecule has 2 aromatic rings. The van der Waals surface area contributed by atoms with Crippen LogP contribution >= 0.6 is 0 Å². The van der Waals surface area contributed by atoms with Gasteiger partial charge in [0.05, 0.1) is 18.1 Å². The van der Waals surface area contributed by atoms with Gasteiger partial charge in [0.15, 0.2) is 5.82 Å². The lowest BCUT2D eigenvalue weighted by molar-refractivity contribution is 0.0730. The van der Waals surface area contributed by atoms with Gasteiger partial charge in [-0.2, -0.15) is 9.40 Å². The molecule has 1 saturated heterocycles. The fourth-order valence-electron chi connectivity index (χ4n) is 2.61. The zero-order chi connectivity index (χ0) is 18.0. The van der Waals surface area contributed by atoms with Crippen molar-refractivity contribution in [3.63, 3.8) is 0 Å². The lowest BCUT2D eigenvalue weighted by atomic mass is 10.1. The van der Waals surface area contributed by atoms with Crippen LogP contribution in [0.15, 0.2) is 35.4 Å². The number of hydrogen-bond acceptors (Lipinski definition) is 5. The third kappa shape index (κ3) is 3.73. The van der Waals surface area contributed by atoms with Crippen LogP contribution in [-0.2, 0) is 21.8 Å². The number of nitrogens with one attached hydrogen (secondary N) is 1. The van der Waals surface area contributed by atoms with Gasteiger partial charge in [0.25, 0.3) is 5.91 Å². The summed E-state index contributed by atoms with van der Waals surface area (Å²) >= 11 is 0. The molecule has 2 heterocycles. The summed E-state index contributed by atoms with van der Waals surface area (Å²) in [5.74, 6) is 0.0172. The van der Waals surface area contributed by atoms with E-state index in [1.807, 2.05) is 0 Å². The Morgan fingerprint density at radius 3 is 2.60 bits per heavy atom. The smallest absolute Gasteiger partial charge is 0.257 e. The Bertz CT molecular complexity index is 885. The summed E-state index contributed by atoms with van der Waals surface area (Å²) < 4.78 is 33.7. The van der Waals surface area contributed by atoms with Gasteiger partial charge in [-0.25, -0.2) is 8.42 Å². The Hall–Kier alpha value is -2.23. The summed E-state index contributed by atoms with van der Waals surface area (Å²) in [5, 5.41) is 6.77. The molecule has 9 heteroatoms. The quantitative estimate of drug-likeness (QED) is 0.874. The number of sulfonamides is 1. The molecule has 0 aliphatic carbocycles. The molecule has 25 heavy (non-hydrogen) atoms. The van der Waals surface area contributed by atoms with Gasteiger partial charge in [-0.1, -0.05) is 6.07 Å². The highest BCUT2D eigenvalue weighted by Crippen LogP contribution is 2.21. The standard InChI is InChI=1S/C16H20N4O4S/c1-12-3-4-13(25(22,23)20-7-9-24-10-8-20)11-14(12)16(21)17-15-5-6-19(2)18-15/h3-6,11H,7-10H2,1-2H3,(H,17,18,21). The number of aromatic nitrogens is 2. The molecule has 1 aliphatic heterocycles. The Balaban J connectivity index is 1.88. The first kappa shape index (κ1) is 17.6. The average Bonchev–Trinajstić information content (AvgIpc) is 3.00. The minimum absolute atomic E-state index is 0.103. The van der Waals surface area contributed by atoms with Crippen LogP contribution in [0.4, 0.5) is 5.82 Å².